The molecule has 0 spiro atoms. The number of nitriles is 1. The van der Waals surface area contributed by atoms with Crippen molar-refractivity contribution in [3.8, 4) is 17.9 Å². The van der Waals surface area contributed by atoms with E-state index in [1.165, 1.54) is 82.6 Å². The molecular formula is C42H67NP2Pt+2. The molecule has 0 radical (unpaired) electrons. The smallest absolute Gasteiger partial charge is 0.366 e. The summed E-state index contributed by atoms with van der Waals surface area (Å²) < 4.78 is 0. The van der Waals surface area contributed by atoms with Gasteiger partial charge in [-0.05, 0) is 45.4 Å². The average molecular weight is 843 g/mol. The zero-order valence-corrected chi connectivity index (χ0v) is 34.9. The Labute approximate surface area is 304 Å². The molecule has 0 fully saturated rings. The van der Waals surface area contributed by atoms with E-state index in [0.29, 0.717) is 11.1 Å². The fourth-order valence-electron chi connectivity index (χ4n) is 4.66. The third kappa shape index (κ3) is 31.2. The quantitative estimate of drug-likeness (QED) is 0.0833. The van der Waals surface area contributed by atoms with E-state index >= 15 is 0 Å². The fraction of sp³-hybridized carbons (Fsp3) is 0.595. The van der Waals surface area contributed by atoms with Crippen molar-refractivity contribution < 1.29 is 21.1 Å². The molecule has 0 aromatic heterocycles. The predicted molar refractivity (Wildman–Crippen MR) is 210 cm³/mol. The molecule has 2 aromatic rings. The number of rotatable bonds is 18. The van der Waals surface area contributed by atoms with Gasteiger partial charge in [-0.15, -0.1) is 35.4 Å². The minimum absolute atomic E-state index is 0. The van der Waals surface area contributed by atoms with E-state index < -0.39 is 0 Å². The van der Waals surface area contributed by atoms with Crippen molar-refractivity contribution in [1.82, 2.24) is 0 Å². The first kappa shape index (κ1) is 49.0. The number of aryl methyl sites for hydroxylation is 1. The van der Waals surface area contributed by atoms with Gasteiger partial charge in [-0.2, -0.15) is 5.26 Å². The van der Waals surface area contributed by atoms with E-state index in [-0.39, 0.29) is 36.9 Å². The summed E-state index contributed by atoms with van der Waals surface area (Å²) in [4.78, 5) is 0. The van der Waals surface area contributed by atoms with Crippen LogP contribution in [0.2, 0.25) is 0 Å². The summed E-state index contributed by atoms with van der Waals surface area (Å²) in [5, 5.41) is 8.38. The molecule has 0 aliphatic heterocycles. The Morgan fingerprint density at radius 1 is 0.522 bits per heavy atom. The second kappa shape index (κ2) is 38.1. The van der Waals surface area contributed by atoms with Crippen molar-refractivity contribution in [3.63, 3.8) is 0 Å². The molecule has 4 heteroatoms. The molecule has 2 rings (SSSR count). The van der Waals surface area contributed by atoms with Crippen LogP contribution in [0.25, 0.3) is 0 Å². The molecule has 0 saturated heterocycles. The standard InChI is InChI=1S/2C12H27P.C9H4N.C9H7.Pt/c2*1-4-7-10-13(11-8-5-2)12-9-6-3;1-2-8-3-5-9(7-10)6-4-8;1-3-9-6-4-5-8(2)7-9;/h2*4-12H2,1-3H3;3-6H;4-7H,2H3;/q;;2*-1;+2/p+2. The topological polar surface area (TPSA) is 23.8 Å². The molecule has 46 heavy (non-hydrogen) atoms. The van der Waals surface area contributed by atoms with E-state index in [2.05, 4.69) is 53.4 Å². The first-order valence-corrected chi connectivity index (χ1v) is 22.2. The molecular weight excluding hydrogens is 775 g/mol. The third-order valence-corrected chi connectivity index (χ3v) is 14.0. The van der Waals surface area contributed by atoms with Crippen LogP contribution in [-0.4, -0.2) is 37.0 Å². The van der Waals surface area contributed by atoms with Gasteiger partial charge in [-0.3, -0.25) is 11.8 Å². The van der Waals surface area contributed by atoms with Gasteiger partial charge in [0.05, 0.1) is 43.0 Å². The Hall–Kier alpha value is -1.40. The fourth-order valence-corrected chi connectivity index (χ4v) is 11.3. The van der Waals surface area contributed by atoms with Crippen molar-refractivity contribution in [2.45, 2.75) is 126 Å². The zero-order chi connectivity index (χ0) is 34.0. The van der Waals surface area contributed by atoms with Gasteiger partial charge in [0, 0.05) is 21.4 Å². The number of benzene rings is 2. The molecule has 0 aliphatic rings. The minimum Gasteiger partial charge on any atom is -0.366 e. The molecule has 0 unspecified atom stereocenters. The molecule has 258 valence electrons. The van der Waals surface area contributed by atoms with Crippen LogP contribution in [-0.2, 0) is 21.1 Å². The van der Waals surface area contributed by atoms with Gasteiger partial charge in [0.1, 0.15) is 0 Å². The minimum atomic E-state index is 0. The van der Waals surface area contributed by atoms with Crippen molar-refractivity contribution >= 4 is 15.8 Å². The van der Waals surface area contributed by atoms with Crippen LogP contribution >= 0.6 is 15.8 Å². The van der Waals surface area contributed by atoms with Gasteiger partial charge in [0.25, 0.3) is 0 Å². The maximum atomic E-state index is 8.38. The number of nitrogens with zero attached hydrogens (tertiary/aromatic N) is 1. The molecule has 0 heterocycles. The summed E-state index contributed by atoms with van der Waals surface area (Å²) >= 11 is 0. The van der Waals surface area contributed by atoms with Crippen molar-refractivity contribution in [1.29, 1.82) is 5.26 Å². The Balaban J connectivity index is -0.000000537. The number of hydrogen-bond acceptors (Lipinski definition) is 1. The Morgan fingerprint density at radius 3 is 1.09 bits per heavy atom. The molecule has 1 nitrogen and oxygen atoms in total. The van der Waals surface area contributed by atoms with Gasteiger partial charge < -0.3 is 12.8 Å². The van der Waals surface area contributed by atoms with Crippen LogP contribution in [0.1, 0.15) is 141 Å². The summed E-state index contributed by atoms with van der Waals surface area (Å²) in [6, 6.07) is 16.4. The molecule has 0 atom stereocenters. The van der Waals surface area contributed by atoms with Crippen LogP contribution in [0, 0.1) is 42.9 Å². The van der Waals surface area contributed by atoms with Crippen LogP contribution in [0.15, 0.2) is 48.5 Å². The second-order valence-electron chi connectivity index (χ2n) is 11.9. The third-order valence-electron chi connectivity index (χ3n) is 7.62. The van der Waals surface area contributed by atoms with E-state index in [1.54, 1.807) is 61.2 Å². The monoisotopic (exact) mass is 842 g/mol. The van der Waals surface area contributed by atoms with Crippen LogP contribution in [0.4, 0.5) is 0 Å². The van der Waals surface area contributed by atoms with Crippen molar-refractivity contribution in [2.24, 2.45) is 0 Å². The summed E-state index contributed by atoms with van der Waals surface area (Å²) in [6.07, 6.45) is 40.3. The van der Waals surface area contributed by atoms with Crippen LogP contribution in [0.3, 0.4) is 0 Å². The van der Waals surface area contributed by atoms with Crippen molar-refractivity contribution in [2.75, 3.05) is 37.0 Å². The maximum absolute atomic E-state index is 8.38. The molecule has 0 bridgehead atoms. The number of hydrogen-bond donors (Lipinski definition) is 0. The Kier molecular flexibility index (Phi) is 40.5. The number of unbranched alkanes of at least 4 members (excludes halogenated alkanes) is 6. The van der Waals surface area contributed by atoms with E-state index in [1.807, 2.05) is 37.3 Å². The van der Waals surface area contributed by atoms with E-state index in [0.717, 1.165) is 5.56 Å². The van der Waals surface area contributed by atoms with Gasteiger partial charge >= 0.3 is 21.1 Å². The molecule has 0 amide bonds. The van der Waals surface area contributed by atoms with Gasteiger partial charge in [0.15, 0.2) is 0 Å². The first-order chi connectivity index (χ1) is 21.9. The van der Waals surface area contributed by atoms with Gasteiger partial charge in [-0.1, -0.05) is 110 Å². The molecule has 0 saturated carbocycles. The zero-order valence-electron chi connectivity index (χ0n) is 30.6. The van der Waals surface area contributed by atoms with Gasteiger partial charge in [-0.25, -0.2) is 0 Å². The summed E-state index contributed by atoms with van der Waals surface area (Å²) in [5.74, 6) is 4.54. The average Bonchev–Trinajstić information content (AvgIpc) is 3.08. The Morgan fingerprint density at radius 2 is 0.848 bits per heavy atom. The van der Waals surface area contributed by atoms with Crippen LogP contribution < -0.4 is 0 Å². The molecule has 0 N–H and O–H groups in total. The summed E-state index contributed by atoms with van der Waals surface area (Å²) in [7, 11) is 0.135. The molecule has 0 aliphatic carbocycles. The molecule has 2 aromatic carbocycles. The predicted octanol–water partition coefficient (Wildman–Crippen LogP) is 12.6. The SMILES string of the molecule is CCCC[PH+](CCCC)CCCC.CCCC[PH+](CCCC)CCCC.[C-]#Cc1ccc(C#N)cc1.[C-]#Cc1cccc(C)c1.[Pt+2]. The second-order valence-corrected chi connectivity index (χ2v) is 17.9. The van der Waals surface area contributed by atoms with E-state index in [9.17, 15) is 0 Å². The maximum Gasteiger partial charge on any atom is 2.00 e. The first-order valence-electron chi connectivity index (χ1n) is 18.0. The normalized spacial score (nSPS) is 9.61. The Bertz CT molecular complexity index is 950. The van der Waals surface area contributed by atoms with Crippen molar-refractivity contribution in [3.05, 3.63) is 83.6 Å². The van der Waals surface area contributed by atoms with Gasteiger partial charge in [0.2, 0.25) is 0 Å². The van der Waals surface area contributed by atoms with E-state index in [4.69, 9.17) is 18.1 Å². The largest absolute Gasteiger partial charge is 2.00 e. The van der Waals surface area contributed by atoms with Crippen LogP contribution in [0.5, 0.6) is 0 Å². The summed E-state index contributed by atoms with van der Waals surface area (Å²) in [6.45, 7) is 15.9. The summed E-state index contributed by atoms with van der Waals surface area (Å²) in [5.41, 5.74) is 3.32.